The minimum absolute atomic E-state index is 0.660. The third kappa shape index (κ3) is 2.96. The Morgan fingerprint density at radius 2 is 1.87 bits per heavy atom. The summed E-state index contributed by atoms with van der Waals surface area (Å²) >= 11 is 0. The molecule has 1 heteroatoms. The second-order valence-corrected chi connectivity index (χ2v) is 6.00. The van der Waals surface area contributed by atoms with Crippen LogP contribution in [-0.4, -0.2) is 12.6 Å². The molecule has 1 N–H and O–H groups in total. The van der Waals surface area contributed by atoms with Gasteiger partial charge in [0.2, 0.25) is 0 Å². The number of hydrogen-bond donors (Lipinski definition) is 1. The van der Waals surface area contributed by atoms with E-state index in [1.54, 1.807) is 0 Å². The fraction of sp³-hybridized carbons (Fsp3) is 1.00. The van der Waals surface area contributed by atoms with Gasteiger partial charge >= 0.3 is 0 Å². The molecule has 1 unspecified atom stereocenters. The fourth-order valence-corrected chi connectivity index (χ4v) is 3.16. The quantitative estimate of drug-likeness (QED) is 0.727. The minimum atomic E-state index is 0.660. The van der Waals surface area contributed by atoms with Gasteiger partial charge in [0.1, 0.15) is 0 Å². The molecule has 2 saturated carbocycles. The van der Waals surface area contributed by atoms with Gasteiger partial charge < -0.3 is 5.32 Å². The lowest BCUT2D eigenvalue weighted by molar-refractivity contribution is 0.249. The molecule has 88 valence electrons. The number of hydrogen-bond acceptors (Lipinski definition) is 1. The molecule has 2 rings (SSSR count). The van der Waals surface area contributed by atoms with E-state index in [1.807, 2.05) is 0 Å². The van der Waals surface area contributed by atoms with Crippen molar-refractivity contribution < 1.29 is 0 Å². The highest BCUT2D eigenvalue weighted by molar-refractivity contribution is 4.99. The molecule has 0 aliphatic heterocycles. The molecule has 2 aliphatic carbocycles. The average molecular weight is 209 g/mol. The van der Waals surface area contributed by atoms with Crippen molar-refractivity contribution in [1.82, 2.24) is 5.32 Å². The van der Waals surface area contributed by atoms with Crippen LogP contribution in [0.2, 0.25) is 0 Å². The smallest absolute Gasteiger partial charge is 0.0123 e. The Bertz CT molecular complexity index is 190. The molecule has 0 bridgehead atoms. The van der Waals surface area contributed by atoms with E-state index in [0.29, 0.717) is 5.41 Å². The highest BCUT2D eigenvalue weighted by Crippen LogP contribution is 2.50. The predicted octanol–water partition coefficient (Wildman–Crippen LogP) is 3.74. The van der Waals surface area contributed by atoms with E-state index in [0.717, 1.165) is 18.5 Å². The van der Waals surface area contributed by atoms with Crippen molar-refractivity contribution in [3.05, 3.63) is 0 Å². The maximum atomic E-state index is 3.73. The monoisotopic (exact) mass is 209 g/mol. The van der Waals surface area contributed by atoms with Crippen LogP contribution in [-0.2, 0) is 0 Å². The molecule has 2 fully saturated rings. The first-order chi connectivity index (χ1) is 7.24. The maximum absolute atomic E-state index is 3.73. The zero-order valence-corrected chi connectivity index (χ0v) is 10.5. The summed E-state index contributed by atoms with van der Waals surface area (Å²) < 4.78 is 0. The van der Waals surface area contributed by atoms with E-state index < -0.39 is 0 Å². The fourth-order valence-electron chi connectivity index (χ4n) is 3.16. The summed E-state index contributed by atoms with van der Waals surface area (Å²) in [6.07, 6.45) is 11.8. The van der Waals surface area contributed by atoms with Gasteiger partial charge in [-0.1, -0.05) is 46.0 Å². The zero-order valence-electron chi connectivity index (χ0n) is 10.5. The first-order valence-electron chi connectivity index (χ1n) is 6.98. The summed E-state index contributed by atoms with van der Waals surface area (Å²) in [4.78, 5) is 0. The van der Waals surface area contributed by atoms with Crippen LogP contribution >= 0.6 is 0 Å². The Morgan fingerprint density at radius 3 is 2.40 bits per heavy atom. The summed E-state index contributed by atoms with van der Waals surface area (Å²) in [7, 11) is 0. The van der Waals surface area contributed by atoms with Crippen LogP contribution in [0, 0.1) is 11.3 Å². The molecule has 0 spiro atoms. The van der Waals surface area contributed by atoms with Crippen molar-refractivity contribution in [3.8, 4) is 0 Å². The second-order valence-electron chi connectivity index (χ2n) is 6.00. The SMILES string of the molecule is CCNC(CC1CCCCC1)C1(C)CC1. The standard InChI is InChI=1S/C14H27N/c1-3-15-13(14(2)9-10-14)11-12-7-5-4-6-8-12/h12-13,15H,3-11H2,1-2H3. The van der Waals surface area contributed by atoms with Crippen LogP contribution in [0.4, 0.5) is 0 Å². The summed E-state index contributed by atoms with van der Waals surface area (Å²) in [5, 5.41) is 3.73. The molecule has 2 aliphatic rings. The van der Waals surface area contributed by atoms with Gasteiger partial charge in [-0.15, -0.1) is 0 Å². The highest BCUT2D eigenvalue weighted by Gasteiger charge is 2.44. The molecule has 0 heterocycles. The van der Waals surface area contributed by atoms with Crippen LogP contribution in [0.25, 0.3) is 0 Å². The third-order valence-electron chi connectivity index (χ3n) is 4.62. The second kappa shape index (κ2) is 4.86. The van der Waals surface area contributed by atoms with Gasteiger partial charge in [0.25, 0.3) is 0 Å². The van der Waals surface area contributed by atoms with Gasteiger partial charge in [-0.25, -0.2) is 0 Å². The molecule has 0 saturated heterocycles. The Kier molecular flexibility index (Phi) is 3.71. The van der Waals surface area contributed by atoms with Crippen molar-refractivity contribution in [2.75, 3.05) is 6.54 Å². The van der Waals surface area contributed by atoms with E-state index in [4.69, 9.17) is 0 Å². The molecule has 0 aromatic rings. The van der Waals surface area contributed by atoms with E-state index in [9.17, 15) is 0 Å². The van der Waals surface area contributed by atoms with Gasteiger partial charge in [0, 0.05) is 6.04 Å². The van der Waals surface area contributed by atoms with Gasteiger partial charge in [-0.05, 0) is 37.1 Å². The molecule has 0 aromatic carbocycles. The predicted molar refractivity (Wildman–Crippen MR) is 66.0 cm³/mol. The first kappa shape index (κ1) is 11.4. The maximum Gasteiger partial charge on any atom is 0.0123 e. The van der Waals surface area contributed by atoms with E-state index in [2.05, 4.69) is 19.2 Å². The summed E-state index contributed by atoms with van der Waals surface area (Å²) in [6.45, 7) is 5.87. The van der Waals surface area contributed by atoms with Gasteiger partial charge in [0.05, 0.1) is 0 Å². The van der Waals surface area contributed by atoms with Gasteiger partial charge in [-0.2, -0.15) is 0 Å². The van der Waals surface area contributed by atoms with Gasteiger partial charge in [-0.3, -0.25) is 0 Å². The van der Waals surface area contributed by atoms with Crippen LogP contribution in [0.15, 0.2) is 0 Å². The van der Waals surface area contributed by atoms with Crippen LogP contribution in [0.5, 0.6) is 0 Å². The zero-order chi connectivity index (χ0) is 10.7. The normalized spacial score (nSPS) is 27.6. The van der Waals surface area contributed by atoms with Crippen LogP contribution in [0.1, 0.15) is 65.2 Å². The van der Waals surface area contributed by atoms with Crippen molar-refractivity contribution in [2.24, 2.45) is 11.3 Å². The first-order valence-corrected chi connectivity index (χ1v) is 6.98. The van der Waals surface area contributed by atoms with Crippen LogP contribution < -0.4 is 5.32 Å². The summed E-state index contributed by atoms with van der Waals surface area (Å²) in [6, 6.07) is 0.811. The van der Waals surface area contributed by atoms with E-state index in [1.165, 1.54) is 51.4 Å². The Balaban J connectivity index is 1.82. The van der Waals surface area contributed by atoms with E-state index in [-0.39, 0.29) is 0 Å². The van der Waals surface area contributed by atoms with E-state index >= 15 is 0 Å². The average Bonchev–Trinajstić information content (AvgIpc) is 2.99. The molecule has 0 aromatic heterocycles. The molecule has 15 heavy (non-hydrogen) atoms. The van der Waals surface area contributed by atoms with Crippen LogP contribution in [0.3, 0.4) is 0 Å². The van der Waals surface area contributed by atoms with Crippen molar-refractivity contribution in [2.45, 2.75) is 71.3 Å². The highest BCUT2D eigenvalue weighted by atomic mass is 14.9. The lowest BCUT2D eigenvalue weighted by atomic mass is 9.81. The Hall–Kier alpha value is -0.0400. The Morgan fingerprint density at radius 1 is 1.20 bits per heavy atom. The largest absolute Gasteiger partial charge is 0.314 e. The number of nitrogens with one attached hydrogen (secondary N) is 1. The Labute approximate surface area is 95.0 Å². The summed E-state index contributed by atoms with van der Waals surface area (Å²) in [5.41, 5.74) is 0.660. The molecular formula is C14H27N. The lowest BCUT2D eigenvalue weighted by Crippen LogP contribution is -2.38. The molecule has 0 amide bonds. The minimum Gasteiger partial charge on any atom is -0.314 e. The van der Waals surface area contributed by atoms with Gasteiger partial charge in [0.15, 0.2) is 0 Å². The lowest BCUT2D eigenvalue weighted by Gasteiger charge is -2.30. The molecule has 1 atom stereocenters. The number of rotatable bonds is 5. The molecule has 0 radical (unpaired) electrons. The topological polar surface area (TPSA) is 12.0 Å². The third-order valence-corrected chi connectivity index (χ3v) is 4.62. The molecular weight excluding hydrogens is 182 g/mol. The molecule has 1 nitrogen and oxygen atoms in total. The summed E-state index contributed by atoms with van der Waals surface area (Å²) in [5.74, 6) is 1.03. The van der Waals surface area contributed by atoms with Crippen molar-refractivity contribution in [3.63, 3.8) is 0 Å². The van der Waals surface area contributed by atoms with Crippen molar-refractivity contribution >= 4 is 0 Å². The van der Waals surface area contributed by atoms with Crippen molar-refractivity contribution in [1.29, 1.82) is 0 Å².